The van der Waals surface area contributed by atoms with Crippen LogP contribution in [-0.4, -0.2) is 50.3 Å². The van der Waals surface area contributed by atoms with Crippen LogP contribution >= 0.6 is 11.3 Å². The molecule has 0 aliphatic carbocycles. The van der Waals surface area contributed by atoms with Crippen LogP contribution in [-0.2, 0) is 4.74 Å². The number of anilines is 1. The van der Waals surface area contributed by atoms with Crippen LogP contribution in [0.25, 0.3) is 10.1 Å². The minimum absolute atomic E-state index is 0.704. The molecule has 2 aromatic heterocycles. The molecule has 0 saturated carbocycles. The van der Waals surface area contributed by atoms with Crippen molar-refractivity contribution in [1.29, 1.82) is 0 Å². The summed E-state index contributed by atoms with van der Waals surface area (Å²) in [6, 6.07) is 4.14. The Balaban J connectivity index is 1.75. The fraction of sp³-hybridized carbons (Fsp3) is 0.462. The predicted octanol–water partition coefficient (Wildman–Crippen LogP) is 2.29. The van der Waals surface area contributed by atoms with Crippen molar-refractivity contribution in [3.63, 3.8) is 0 Å². The smallest absolute Gasteiger partial charge is 0.134 e. The number of pyridine rings is 1. The highest BCUT2D eigenvalue weighted by Crippen LogP contribution is 2.25. The van der Waals surface area contributed by atoms with Crippen molar-refractivity contribution in [3.05, 3.63) is 23.7 Å². The zero-order chi connectivity index (χ0) is 12.8. The van der Waals surface area contributed by atoms with Gasteiger partial charge in [-0.2, -0.15) is 0 Å². The van der Waals surface area contributed by atoms with E-state index in [1.54, 1.807) is 11.3 Å². The number of fused-ring (bicyclic) bond motifs is 1. The average Bonchev–Trinajstić information content (AvgIpc) is 2.82. The van der Waals surface area contributed by atoms with Gasteiger partial charge in [-0.1, -0.05) is 0 Å². The van der Waals surface area contributed by atoms with Crippen LogP contribution in [0.2, 0.25) is 0 Å². The SMILES string of the molecule is CN(C)CCOCCNc1nccc2sccc12. The van der Waals surface area contributed by atoms with E-state index in [-0.39, 0.29) is 0 Å². The van der Waals surface area contributed by atoms with Gasteiger partial charge in [0, 0.05) is 29.4 Å². The summed E-state index contributed by atoms with van der Waals surface area (Å²) in [5.74, 6) is 0.949. The minimum atomic E-state index is 0.704. The topological polar surface area (TPSA) is 37.4 Å². The largest absolute Gasteiger partial charge is 0.378 e. The van der Waals surface area contributed by atoms with Crippen LogP contribution < -0.4 is 5.32 Å². The second kappa shape index (κ2) is 6.68. The third-order valence-corrected chi connectivity index (χ3v) is 3.48. The Kier molecular flexibility index (Phi) is 4.92. The van der Waals surface area contributed by atoms with E-state index < -0.39 is 0 Å². The molecule has 0 bridgehead atoms. The minimum Gasteiger partial charge on any atom is -0.378 e. The molecular weight excluding hydrogens is 246 g/mol. The van der Waals surface area contributed by atoms with Crippen molar-refractivity contribution >= 4 is 27.2 Å². The van der Waals surface area contributed by atoms with E-state index >= 15 is 0 Å². The number of ether oxygens (including phenoxy) is 1. The van der Waals surface area contributed by atoms with E-state index in [0.717, 1.165) is 25.5 Å². The molecule has 2 aromatic rings. The number of hydrogen-bond donors (Lipinski definition) is 1. The van der Waals surface area contributed by atoms with E-state index in [2.05, 4.69) is 26.6 Å². The second-order valence-corrected chi connectivity index (χ2v) is 5.28. The Morgan fingerprint density at radius 2 is 2.22 bits per heavy atom. The maximum atomic E-state index is 5.53. The Labute approximate surface area is 112 Å². The molecule has 0 aliphatic heterocycles. The molecular formula is C13H19N3OS. The standard InChI is InChI=1S/C13H19N3OS/c1-16(2)7-9-17-8-6-15-13-11-4-10-18-12(11)3-5-14-13/h3-5,10H,6-9H2,1-2H3,(H,14,15). The number of aromatic nitrogens is 1. The third-order valence-electron chi connectivity index (χ3n) is 2.60. The first-order chi connectivity index (χ1) is 8.77. The number of thiophene rings is 1. The van der Waals surface area contributed by atoms with E-state index in [4.69, 9.17) is 4.74 Å². The van der Waals surface area contributed by atoms with E-state index in [0.29, 0.717) is 6.61 Å². The lowest BCUT2D eigenvalue weighted by molar-refractivity contribution is 0.126. The lowest BCUT2D eigenvalue weighted by Gasteiger charge is -2.10. The van der Waals surface area contributed by atoms with Gasteiger partial charge >= 0.3 is 0 Å². The zero-order valence-electron chi connectivity index (χ0n) is 10.8. The number of hydrogen-bond acceptors (Lipinski definition) is 5. The van der Waals surface area contributed by atoms with Crippen molar-refractivity contribution in [2.45, 2.75) is 0 Å². The quantitative estimate of drug-likeness (QED) is 0.779. The highest BCUT2D eigenvalue weighted by atomic mass is 32.1. The van der Waals surface area contributed by atoms with Gasteiger partial charge in [-0.05, 0) is 31.6 Å². The molecule has 2 rings (SSSR count). The Hall–Kier alpha value is -1.17. The van der Waals surface area contributed by atoms with Crippen LogP contribution in [0.1, 0.15) is 0 Å². The van der Waals surface area contributed by atoms with E-state index in [1.165, 1.54) is 10.1 Å². The van der Waals surface area contributed by atoms with E-state index in [9.17, 15) is 0 Å². The van der Waals surface area contributed by atoms with Gasteiger partial charge in [0.05, 0.1) is 13.2 Å². The van der Waals surface area contributed by atoms with Gasteiger partial charge in [0.15, 0.2) is 0 Å². The summed E-state index contributed by atoms with van der Waals surface area (Å²) < 4.78 is 6.80. The molecule has 18 heavy (non-hydrogen) atoms. The van der Waals surface area contributed by atoms with Crippen LogP contribution in [0.5, 0.6) is 0 Å². The molecule has 1 N–H and O–H groups in total. The van der Waals surface area contributed by atoms with Gasteiger partial charge in [-0.15, -0.1) is 11.3 Å². The molecule has 0 radical (unpaired) electrons. The molecule has 2 heterocycles. The summed E-state index contributed by atoms with van der Waals surface area (Å²) in [5, 5.41) is 6.60. The second-order valence-electron chi connectivity index (χ2n) is 4.33. The van der Waals surface area contributed by atoms with Crippen LogP contribution in [0, 0.1) is 0 Å². The lowest BCUT2D eigenvalue weighted by atomic mass is 10.3. The first-order valence-corrected chi connectivity index (χ1v) is 6.94. The first-order valence-electron chi connectivity index (χ1n) is 6.06. The molecule has 0 saturated heterocycles. The van der Waals surface area contributed by atoms with Gasteiger partial charge in [-0.25, -0.2) is 4.98 Å². The van der Waals surface area contributed by atoms with Crippen molar-refractivity contribution in [2.75, 3.05) is 45.7 Å². The molecule has 0 fully saturated rings. The number of likely N-dealkylation sites (N-methyl/N-ethyl adjacent to an activating group) is 1. The maximum Gasteiger partial charge on any atom is 0.134 e. The molecule has 5 heteroatoms. The Bertz CT molecular complexity index is 484. The zero-order valence-corrected chi connectivity index (χ0v) is 11.7. The van der Waals surface area contributed by atoms with E-state index in [1.807, 2.05) is 26.4 Å². The summed E-state index contributed by atoms with van der Waals surface area (Å²) in [5.41, 5.74) is 0. The molecule has 0 aliphatic rings. The van der Waals surface area contributed by atoms with Gasteiger partial charge in [0.1, 0.15) is 5.82 Å². The number of nitrogens with one attached hydrogen (secondary N) is 1. The summed E-state index contributed by atoms with van der Waals surface area (Å²) in [7, 11) is 4.09. The van der Waals surface area contributed by atoms with Gasteiger partial charge in [-0.3, -0.25) is 0 Å². The van der Waals surface area contributed by atoms with Crippen LogP contribution in [0.3, 0.4) is 0 Å². The molecule has 0 unspecified atom stereocenters. The average molecular weight is 265 g/mol. The summed E-state index contributed by atoms with van der Waals surface area (Å²) in [6.45, 7) is 3.22. The van der Waals surface area contributed by atoms with Crippen molar-refractivity contribution < 1.29 is 4.74 Å². The summed E-state index contributed by atoms with van der Waals surface area (Å²) in [6.07, 6.45) is 1.84. The van der Waals surface area contributed by atoms with Crippen molar-refractivity contribution in [2.24, 2.45) is 0 Å². The van der Waals surface area contributed by atoms with Gasteiger partial charge in [0.25, 0.3) is 0 Å². The molecule has 98 valence electrons. The number of nitrogens with zero attached hydrogens (tertiary/aromatic N) is 2. The fourth-order valence-electron chi connectivity index (χ4n) is 1.63. The van der Waals surface area contributed by atoms with Crippen molar-refractivity contribution in [3.8, 4) is 0 Å². The summed E-state index contributed by atoms with van der Waals surface area (Å²) in [4.78, 5) is 6.47. The molecule has 0 aromatic carbocycles. The van der Waals surface area contributed by atoms with Crippen molar-refractivity contribution in [1.82, 2.24) is 9.88 Å². The Morgan fingerprint density at radius 3 is 3.06 bits per heavy atom. The predicted molar refractivity (Wildman–Crippen MR) is 77.5 cm³/mol. The monoisotopic (exact) mass is 265 g/mol. The van der Waals surface area contributed by atoms with Crippen LogP contribution in [0.4, 0.5) is 5.82 Å². The highest BCUT2D eigenvalue weighted by molar-refractivity contribution is 7.17. The van der Waals surface area contributed by atoms with Gasteiger partial charge < -0.3 is 15.0 Å². The summed E-state index contributed by atoms with van der Waals surface area (Å²) >= 11 is 1.74. The third kappa shape index (κ3) is 3.66. The first kappa shape index (κ1) is 13.3. The van der Waals surface area contributed by atoms with Crippen LogP contribution in [0.15, 0.2) is 23.7 Å². The number of rotatable bonds is 7. The van der Waals surface area contributed by atoms with Gasteiger partial charge in [0.2, 0.25) is 0 Å². The fourth-order valence-corrected chi connectivity index (χ4v) is 2.41. The normalized spacial score (nSPS) is 11.3. The molecule has 0 spiro atoms. The highest BCUT2D eigenvalue weighted by Gasteiger charge is 2.02. The molecule has 4 nitrogen and oxygen atoms in total. The molecule has 0 amide bonds. The maximum absolute atomic E-state index is 5.53. The molecule has 0 atom stereocenters. The lowest BCUT2D eigenvalue weighted by Crippen LogP contribution is -2.20. The Morgan fingerprint density at radius 1 is 1.33 bits per heavy atom.